The smallest absolute Gasteiger partial charge is 0.262 e. The van der Waals surface area contributed by atoms with Gasteiger partial charge in [0, 0.05) is 18.2 Å². The van der Waals surface area contributed by atoms with Gasteiger partial charge in [-0.2, -0.15) is 0 Å². The Labute approximate surface area is 183 Å². The van der Waals surface area contributed by atoms with Crippen molar-refractivity contribution in [2.75, 3.05) is 12.4 Å². The first kappa shape index (κ1) is 21.1. The fourth-order valence-corrected chi connectivity index (χ4v) is 3.33. The predicted molar refractivity (Wildman–Crippen MR) is 116 cm³/mol. The van der Waals surface area contributed by atoms with Crippen molar-refractivity contribution < 1.29 is 18.3 Å². The van der Waals surface area contributed by atoms with Crippen molar-refractivity contribution >= 4 is 17.6 Å². The Morgan fingerprint density at radius 3 is 2.38 bits per heavy atom. The van der Waals surface area contributed by atoms with Crippen LogP contribution in [0, 0.1) is 11.6 Å². The van der Waals surface area contributed by atoms with Crippen LogP contribution in [0.3, 0.4) is 0 Å². The molecule has 1 aliphatic rings. The minimum atomic E-state index is -0.957. The van der Waals surface area contributed by atoms with Crippen LogP contribution in [-0.4, -0.2) is 33.8 Å². The number of ether oxygens (including phenoxy) is 1. The highest BCUT2D eigenvalue weighted by atomic mass is 19.1. The van der Waals surface area contributed by atoms with Gasteiger partial charge in [0.25, 0.3) is 5.91 Å². The largest absolute Gasteiger partial charge is 0.419 e. The summed E-state index contributed by atoms with van der Waals surface area (Å²) in [5.41, 5.74) is 2.47. The summed E-state index contributed by atoms with van der Waals surface area (Å²) in [4.78, 5) is 20.8. The molecule has 32 heavy (non-hydrogen) atoms. The Morgan fingerprint density at radius 2 is 1.78 bits per heavy atom. The normalized spacial score (nSPS) is 13.1. The lowest BCUT2D eigenvalue weighted by Crippen LogP contribution is -2.16. The minimum Gasteiger partial charge on any atom is -0.419 e. The van der Waals surface area contributed by atoms with Crippen molar-refractivity contribution in [2.24, 2.45) is 5.10 Å². The fraction of sp³-hybridized carbons (Fsp3) is 0.130. The van der Waals surface area contributed by atoms with Crippen LogP contribution in [0.5, 0.6) is 0 Å². The molecule has 3 aromatic rings. The molecular formula is C23H19F2N5O2. The van der Waals surface area contributed by atoms with Gasteiger partial charge in [-0.3, -0.25) is 9.78 Å². The molecule has 1 aliphatic heterocycles. The Morgan fingerprint density at radius 1 is 1.09 bits per heavy atom. The summed E-state index contributed by atoms with van der Waals surface area (Å²) in [6.07, 6.45) is 3.49. The molecule has 0 bridgehead atoms. The van der Waals surface area contributed by atoms with Gasteiger partial charge in [0.1, 0.15) is 17.2 Å². The number of hydrogen-bond acceptors (Lipinski definition) is 6. The number of nitrogens with one attached hydrogen (secondary N) is 1. The summed E-state index contributed by atoms with van der Waals surface area (Å²) in [6, 6.07) is 8.86. The summed E-state index contributed by atoms with van der Waals surface area (Å²) in [5.74, 6) is -1.92. The van der Waals surface area contributed by atoms with Crippen LogP contribution < -0.4 is 5.32 Å². The summed E-state index contributed by atoms with van der Waals surface area (Å²) in [7, 11) is 1.75. The van der Waals surface area contributed by atoms with E-state index in [9.17, 15) is 13.6 Å². The van der Waals surface area contributed by atoms with Gasteiger partial charge in [0.15, 0.2) is 5.82 Å². The van der Waals surface area contributed by atoms with Gasteiger partial charge in [-0.25, -0.2) is 18.8 Å². The van der Waals surface area contributed by atoms with Crippen LogP contribution >= 0.6 is 0 Å². The summed E-state index contributed by atoms with van der Waals surface area (Å²) in [5, 5.41) is 8.28. The van der Waals surface area contributed by atoms with E-state index in [2.05, 4.69) is 27.0 Å². The van der Waals surface area contributed by atoms with Crippen molar-refractivity contribution in [3.63, 3.8) is 0 Å². The van der Waals surface area contributed by atoms with Crippen molar-refractivity contribution in [1.29, 1.82) is 0 Å². The molecule has 0 unspecified atom stereocenters. The van der Waals surface area contributed by atoms with Gasteiger partial charge >= 0.3 is 0 Å². The molecule has 1 amide bonds. The monoisotopic (exact) mass is 435 g/mol. The maximum atomic E-state index is 13.8. The highest BCUT2D eigenvalue weighted by molar-refractivity contribution is 6.04. The second-order valence-electron chi connectivity index (χ2n) is 6.95. The Balaban J connectivity index is 1.61. The molecule has 0 spiro atoms. The fourth-order valence-electron chi connectivity index (χ4n) is 3.33. The highest BCUT2D eigenvalue weighted by Gasteiger charge is 2.23. The van der Waals surface area contributed by atoms with Crippen molar-refractivity contribution in [3.8, 4) is 11.3 Å². The van der Waals surface area contributed by atoms with E-state index in [0.717, 1.165) is 28.8 Å². The van der Waals surface area contributed by atoms with Crippen LogP contribution in [0.4, 0.5) is 14.6 Å². The number of hydrogen-bond donors (Lipinski definition) is 1. The third-order valence-electron chi connectivity index (χ3n) is 4.94. The van der Waals surface area contributed by atoms with Crippen LogP contribution in [0.25, 0.3) is 11.3 Å². The third-order valence-corrected chi connectivity index (χ3v) is 4.94. The van der Waals surface area contributed by atoms with E-state index in [1.54, 1.807) is 12.1 Å². The van der Waals surface area contributed by atoms with Gasteiger partial charge in [-0.1, -0.05) is 25.1 Å². The number of halogens is 2. The second kappa shape index (κ2) is 8.54. The molecule has 9 heteroatoms. The molecule has 0 radical (unpaired) electrons. The Kier molecular flexibility index (Phi) is 5.63. The number of amides is 1. The number of anilines is 1. The molecule has 1 aromatic heterocycles. The number of rotatable bonds is 5. The van der Waals surface area contributed by atoms with Gasteiger partial charge in [-0.05, 0) is 36.8 Å². The van der Waals surface area contributed by atoms with Crippen LogP contribution in [0.15, 0.2) is 66.4 Å². The summed E-state index contributed by atoms with van der Waals surface area (Å²) < 4.78 is 33.3. The van der Waals surface area contributed by atoms with Crippen LogP contribution in [-0.2, 0) is 11.2 Å². The molecule has 0 aliphatic carbocycles. The summed E-state index contributed by atoms with van der Waals surface area (Å²) in [6.45, 7) is 5.80. The Hall–Kier alpha value is -4.14. The molecule has 2 aromatic carbocycles. The number of hydrazone groups is 1. The van der Waals surface area contributed by atoms with Gasteiger partial charge in [-0.15, -0.1) is 5.10 Å². The van der Waals surface area contributed by atoms with Gasteiger partial charge in [0.05, 0.1) is 18.1 Å². The predicted octanol–water partition coefficient (Wildman–Crippen LogP) is 4.33. The second-order valence-corrected chi connectivity index (χ2v) is 6.95. The summed E-state index contributed by atoms with van der Waals surface area (Å²) >= 11 is 0. The van der Waals surface area contributed by atoms with E-state index in [0.29, 0.717) is 23.9 Å². The van der Waals surface area contributed by atoms with Crippen molar-refractivity contribution in [2.45, 2.75) is 13.3 Å². The van der Waals surface area contributed by atoms with E-state index in [4.69, 9.17) is 4.74 Å². The first-order chi connectivity index (χ1) is 15.4. The van der Waals surface area contributed by atoms with E-state index in [-0.39, 0.29) is 5.82 Å². The van der Waals surface area contributed by atoms with Crippen LogP contribution in [0.1, 0.15) is 28.4 Å². The van der Waals surface area contributed by atoms with Crippen LogP contribution in [0.2, 0.25) is 0 Å². The molecule has 2 heterocycles. The molecule has 4 rings (SSSR count). The van der Waals surface area contributed by atoms with E-state index >= 15 is 0 Å². The molecule has 0 fully saturated rings. The van der Waals surface area contributed by atoms with E-state index in [1.165, 1.54) is 18.5 Å². The SMILES string of the molecule is C=C1OC(c2cccc(-c3cnc(NC(=O)c4c(F)cccc4F)cn3)c2CC)=NN1C. The lowest BCUT2D eigenvalue weighted by molar-refractivity contribution is 0.101. The number of nitrogens with zero attached hydrogens (tertiary/aromatic N) is 4. The molecular weight excluding hydrogens is 416 g/mol. The first-order valence-electron chi connectivity index (χ1n) is 9.78. The average Bonchev–Trinajstić information content (AvgIpc) is 3.11. The Bertz CT molecular complexity index is 1220. The molecule has 0 saturated carbocycles. The zero-order valence-corrected chi connectivity index (χ0v) is 17.4. The lowest BCUT2D eigenvalue weighted by Gasteiger charge is -2.13. The number of aromatic nitrogens is 2. The molecule has 0 atom stereocenters. The number of carbonyl (C=O) groups excluding carboxylic acids is 1. The number of benzene rings is 2. The first-order valence-corrected chi connectivity index (χ1v) is 9.78. The zero-order valence-electron chi connectivity index (χ0n) is 17.4. The lowest BCUT2D eigenvalue weighted by atomic mass is 9.96. The van der Waals surface area contributed by atoms with Gasteiger partial charge in [0.2, 0.25) is 11.8 Å². The standard InChI is InChI=1S/C23H19F2N5O2/c1-4-14-15(7-5-8-16(14)23-29-30(3)13(2)32-23)19-11-27-20(12-26-19)28-22(31)21-17(24)9-6-10-18(21)25/h5-12H,2,4H2,1,3H3,(H,27,28,31). The molecule has 7 nitrogen and oxygen atoms in total. The van der Waals surface area contributed by atoms with Gasteiger partial charge < -0.3 is 10.1 Å². The highest BCUT2D eigenvalue weighted by Crippen LogP contribution is 2.28. The average molecular weight is 435 g/mol. The zero-order chi connectivity index (χ0) is 22.8. The maximum absolute atomic E-state index is 13.8. The molecule has 1 N–H and O–H groups in total. The minimum absolute atomic E-state index is 0.0667. The number of carbonyl (C=O) groups is 1. The third kappa shape index (κ3) is 3.92. The van der Waals surface area contributed by atoms with E-state index in [1.807, 2.05) is 25.1 Å². The topological polar surface area (TPSA) is 79.7 Å². The van der Waals surface area contributed by atoms with Crippen molar-refractivity contribution in [1.82, 2.24) is 15.0 Å². The quantitative estimate of drug-likeness (QED) is 0.645. The van der Waals surface area contributed by atoms with Crippen molar-refractivity contribution in [3.05, 3.63) is 89.6 Å². The maximum Gasteiger partial charge on any atom is 0.262 e. The van der Waals surface area contributed by atoms with E-state index < -0.39 is 23.1 Å². The molecule has 0 saturated heterocycles. The molecule has 162 valence electrons.